The molecule has 0 aromatic rings. The second-order valence-corrected chi connectivity index (χ2v) is 11.8. The third-order valence-electron chi connectivity index (χ3n) is 7.99. The lowest BCUT2D eigenvalue weighted by atomic mass is 9.79. The molecule has 0 unspecified atom stereocenters. The van der Waals surface area contributed by atoms with Crippen molar-refractivity contribution in [2.45, 2.75) is 182 Å². The predicted octanol–water partition coefficient (Wildman–Crippen LogP) is 10.3. The summed E-state index contributed by atoms with van der Waals surface area (Å²) < 4.78 is 13.0. The van der Waals surface area contributed by atoms with Crippen molar-refractivity contribution < 1.29 is 9.47 Å². The first-order valence-electron chi connectivity index (χ1n) is 15.9. The normalized spacial score (nSPS) is 12.5. The van der Waals surface area contributed by atoms with Crippen LogP contribution in [0.4, 0.5) is 0 Å². The molecular formula is C32H67NO2. The fraction of sp³-hybridized carbons (Fsp3) is 1.00. The molecule has 2 N–H and O–H groups in total. The molecule has 0 aromatic carbocycles. The van der Waals surface area contributed by atoms with Gasteiger partial charge in [0, 0.05) is 5.41 Å². The van der Waals surface area contributed by atoms with E-state index in [1.807, 2.05) is 0 Å². The van der Waals surface area contributed by atoms with E-state index in [1.54, 1.807) is 0 Å². The van der Waals surface area contributed by atoms with E-state index >= 15 is 0 Å². The number of unbranched alkanes of at least 4 members (excludes halogenated alkanes) is 18. The average molecular weight is 498 g/mol. The number of nitrogens with two attached hydrogens (primary N) is 1. The number of rotatable bonds is 28. The van der Waals surface area contributed by atoms with Gasteiger partial charge in [-0.25, -0.2) is 0 Å². The third kappa shape index (κ3) is 19.6. The van der Waals surface area contributed by atoms with Gasteiger partial charge in [-0.15, -0.1) is 0 Å². The molecule has 0 amide bonds. The van der Waals surface area contributed by atoms with Gasteiger partial charge in [-0.1, -0.05) is 143 Å². The van der Waals surface area contributed by atoms with Crippen molar-refractivity contribution in [2.75, 3.05) is 19.8 Å². The highest BCUT2D eigenvalue weighted by atomic mass is 16.7. The number of hydrogen-bond donors (Lipinski definition) is 1. The van der Waals surface area contributed by atoms with Gasteiger partial charge < -0.3 is 15.2 Å². The molecule has 3 heteroatoms. The van der Waals surface area contributed by atoms with Crippen molar-refractivity contribution in [3.63, 3.8) is 0 Å². The molecule has 0 fully saturated rings. The molecule has 0 rings (SSSR count). The van der Waals surface area contributed by atoms with Gasteiger partial charge in [-0.05, 0) is 39.2 Å². The highest BCUT2D eigenvalue weighted by molar-refractivity contribution is 4.84. The Labute approximate surface area is 222 Å². The monoisotopic (exact) mass is 498 g/mol. The summed E-state index contributed by atoms with van der Waals surface area (Å²) in [5.74, 6) is -0.527. The molecule has 0 saturated heterocycles. The van der Waals surface area contributed by atoms with Gasteiger partial charge in [0.05, 0.1) is 13.2 Å². The van der Waals surface area contributed by atoms with Crippen molar-refractivity contribution in [3.05, 3.63) is 0 Å². The van der Waals surface area contributed by atoms with Gasteiger partial charge in [0.2, 0.25) is 0 Å². The number of hydrogen-bond acceptors (Lipinski definition) is 3. The minimum absolute atomic E-state index is 0.0383. The van der Waals surface area contributed by atoms with Crippen LogP contribution in [-0.4, -0.2) is 25.5 Å². The zero-order valence-electron chi connectivity index (χ0n) is 25.1. The van der Waals surface area contributed by atoms with E-state index in [1.165, 1.54) is 116 Å². The van der Waals surface area contributed by atoms with Crippen LogP contribution in [0.3, 0.4) is 0 Å². The van der Waals surface area contributed by atoms with Crippen LogP contribution < -0.4 is 5.73 Å². The van der Waals surface area contributed by atoms with E-state index in [-0.39, 0.29) is 5.41 Å². The van der Waals surface area contributed by atoms with E-state index in [2.05, 4.69) is 34.6 Å². The summed E-state index contributed by atoms with van der Waals surface area (Å²) in [5.41, 5.74) is 5.79. The maximum absolute atomic E-state index is 6.49. The van der Waals surface area contributed by atoms with Gasteiger partial charge in [-0.3, -0.25) is 0 Å². The molecule has 0 atom stereocenters. The first-order valence-corrected chi connectivity index (χ1v) is 15.9. The summed E-state index contributed by atoms with van der Waals surface area (Å²) in [7, 11) is 0. The van der Waals surface area contributed by atoms with Crippen LogP contribution in [-0.2, 0) is 9.47 Å². The van der Waals surface area contributed by atoms with E-state index < -0.39 is 5.79 Å². The minimum atomic E-state index is -0.527. The maximum Gasteiger partial charge on any atom is 0.170 e. The summed E-state index contributed by atoms with van der Waals surface area (Å²) in [6, 6.07) is 0. The van der Waals surface area contributed by atoms with Gasteiger partial charge in [-0.2, -0.15) is 0 Å². The standard InChI is InChI=1S/C32H67NO2/c1-6-8-10-12-14-16-18-20-22-24-29-34-32(5,31(3,4)27-26-28-33)35-30-25-23-21-19-17-15-13-11-9-7-2/h6-30,33H2,1-5H3. The van der Waals surface area contributed by atoms with E-state index in [0.717, 1.165) is 45.4 Å². The second kappa shape index (κ2) is 24.2. The van der Waals surface area contributed by atoms with E-state index in [0.29, 0.717) is 0 Å². The highest BCUT2D eigenvalue weighted by Gasteiger charge is 2.42. The molecule has 0 radical (unpaired) electrons. The third-order valence-corrected chi connectivity index (χ3v) is 7.99. The van der Waals surface area contributed by atoms with E-state index in [4.69, 9.17) is 15.2 Å². The Morgan fingerprint density at radius 2 is 0.771 bits per heavy atom. The van der Waals surface area contributed by atoms with Crippen LogP contribution in [0.5, 0.6) is 0 Å². The molecule has 0 aliphatic carbocycles. The Balaban J connectivity index is 4.13. The molecule has 3 nitrogen and oxygen atoms in total. The smallest absolute Gasteiger partial charge is 0.170 e. The molecule has 0 aliphatic rings. The predicted molar refractivity (Wildman–Crippen MR) is 156 cm³/mol. The molecule has 0 saturated carbocycles. The summed E-state index contributed by atoms with van der Waals surface area (Å²) in [6.45, 7) is 13.7. The summed E-state index contributed by atoms with van der Waals surface area (Å²) in [4.78, 5) is 0. The van der Waals surface area contributed by atoms with Gasteiger partial charge >= 0.3 is 0 Å². The second-order valence-electron chi connectivity index (χ2n) is 11.8. The lowest BCUT2D eigenvalue weighted by Gasteiger charge is -2.44. The molecule has 212 valence electrons. The zero-order valence-corrected chi connectivity index (χ0v) is 25.1. The van der Waals surface area contributed by atoms with Crippen LogP contribution in [0.2, 0.25) is 0 Å². The van der Waals surface area contributed by atoms with Crippen LogP contribution in [0.25, 0.3) is 0 Å². The molecule has 0 aliphatic heterocycles. The Bertz CT molecular complexity index is 398. The number of ether oxygens (including phenoxy) is 2. The SMILES string of the molecule is CCCCCCCCCCCCOC(C)(OCCCCCCCCCCCC)C(C)(C)CCCN. The minimum Gasteiger partial charge on any atom is -0.350 e. The lowest BCUT2D eigenvalue weighted by Crippen LogP contribution is -2.47. The zero-order chi connectivity index (χ0) is 26.1. The van der Waals surface area contributed by atoms with Crippen molar-refractivity contribution >= 4 is 0 Å². The Morgan fingerprint density at radius 1 is 0.457 bits per heavy atom. The molecule has 0 bridgehead atoms. The van der Waals surface area contributed by atoms with Gasteiger partial charge in [0.25, 0.3) is 0 Å². The van der Waals surface area contributed by atoms with E-state index in [9.17, 15) is 0 Å². The van der Waals surface area contributed by atoms with Crippen molar-refractivity contribution in [3.8, 4) is 0 Å². The van der Waals surface area contributed by atoms with Gasteiger partial charge in [0.15, 0.2) is 5.79 Å². The summed E-state index contributed by atoms with van der Waals surface area (Å²) in [5, 5.41) is 0. The van der Waals surface area contributed by atoms with Crippen molar-refractivity contribution in [1.29, 1.82) is 0 Å². The fourth-order valence-electron chi connectivity index (χ4n) is 4.92. The Kier molecular flexibility index (Phi) is 24.1. The molecule has 0 aromatic heterocycles. The maximum atomic E-state index is 6.49. The first-order chi connectivity index (χ1) is 16.9. The quantitative estimate of drug-likeness (QED) is 0.0863. The largest absolute Gasteiger partial charge is 0.350 e. The topological polar surface area (TPSA) is 44.5 Å². The average Bonchev–Trinajstić information content (AvgIpc) is 2.84. The van der Waals surface area contributed by atoms with Crippen molar-refractivity contribution in [1.82, 2.24) is 0 Å². The molecule has 0 heterocycles. The summed E-state index contributed by atoms with van der Waals surface area (Å²) >= 11 is 0. The van der Waals surface area contributed by atoms with Crippen LogP contribution in [0.1, 0.15) is 176 Å². The lowest BCUT2D eigenvalue weighted by molar-refractivity contribution is -0.284. The highest BCUT2D eigenvalue weighted by Crippen LogP contribution is 2.39. The fourth-order valence-corrected chi connectivity index (χ4v) is 4.92. The van der Waals surface area contributed by atoms with Crippen LogP contribution >= 0.6 is 0 Å². The molecule has 0 spiro atoms. The van der Waals surface area contributed by atoms with Crippen LogP contribution in [0, 0.1) is 5.41 Å². The van der Waals surface area contributed by atoms with Crippen LogP contribution in [0.15, 0.2) is 0 Å². The van der Waals surface area contributed by atoms with Gasteiger partial charge in [0.1, 0.15) is 0 Å². The molecular weight excluding hydrogens is 430 g/mol. The Morgan fingerprint density at radius 3 is 1.09 bits per heavy atom. The van der Waals surface area contributed by atoms with Crippen molar-refractivity contribution in [2.24, 2.45) is 11.1 Å². The summed E-state index contributed by atoms with van der Waals surface area (Å²) in [6.07, 6.45) is 29.1. The molecule has 35 heavy (non-hydrogen) atoms. The Hall–Kier alpha value is -0.120. The first kappa shape index (κ1) is 34.9.